The zero-order valence-corrected chi connectivity index (χ0v) is 19.2. The van der Waals surface area contributed by atoms with Crippen LogP contribution in [0.4, 0.5) is 10.5 Å². The van der Waals surface area contributed by atoms with Gasteiger partial charge in [-0.15, -0.1) is 0 Å². The number of nitrogens with one attached hydrogen (secondary N) is 1. The van der Waals surface area contributed by atoms with Gasteiger partial charge in [0.2, 0.25) is 0 Å². The van der Waals surface area contributed by atoms with E-state index >= 15 is 0 Å². The molecule has 0 spiro atoms. The Morgan fingerprint density at radius 3 is 2.20 bits per heavy atom. The van der Waals surface area contributed by atoms with Crippen molar-refractivity contribution in [3.63, 3.8) is 0 Å². The predicted molar refractivity (Wildman–Crippen MR) is 131 cm³/mol. The number of esters is 1. The van der Waals surface area contributed by atoms with E-state index in [1.807, 2.05) is 66.7 Å². The number of aryl methyl sites for hydroxylation is 1. The monoisotopic (exact) mass is 468 g/mol. The fourth-order valence-corrected chi connectivity index (χ4v) is 3.62. The van der Waals surface area contributed by atoms with E-state index in [0.717, 1.165) is 35.1 Å². The minimum Gasteiger partial charge on any atom is -0.444 e. The molecule has 1 heterocycles. The number of ether oxygens (including phenoxy) is 2. The van der Waals surface area contributed by atoms with Crippen LogP contribution in [0.5, 0.6) is 5.75 Å². The summed E-state index contributed by atoms with van der Waals surface area (Å²) in [5, 5.41) is 6.76. The van der Waals surface area contributed by atoms with E-state index in [4.69, 9.17) is 14.0 Å². The van der Waals surface area contributed by atoms with Crippen LogP contribution in [0.3, 0.4) is 0 Å². The average molecular weight is 469 g/mol. The van der Waals surface area contributed by atoms with Crippen LogP contribution in [0.1, 0.15) is 24.1 Å². The first kappa shape index (κ1) is 22.4. The molecule has 1 fully saturated rings. The Morgan fingerprint density at radius 2 is 1.54 bits per heavy atom. The highest BCUT2D eigenvalue weighted by Gasteiger charge is 2.31. The molecule has 1 aromatic heterocycles. The molecule has 0 aliphatic heterocycles. The molecule has 0 saturated heterocycles. The summed E-state index contributed by atoms with van der Waals surface area (Å²) in [5.74, 6) is 0.909. The van der Waals surface area contributed by atoms with E-state index in [2.05, 4.69) is 10.5 Å². The standard InChI is InChI=1S/C28H24N2O5/c1-18-25(29-28(32)33-17-19-5-3-2-4-6-19)26(35-30-18)22-9-7-20(8-10-22)21-13-15-24(16-14-21)34-27(31)23-11-12-23/h2-10,13-16,23H,11-12,17H2,1H3,(H,29,32). The molecule has 1 N–H and O–H groups in total. The topological polar surface area (TPSA) is 90.7 Å². The maximum absolute atomic E-state index is 12.4. The second kappa shape index (κ2) is 9.85. The van der Waals surface area contributed by atoms with Crippen molar-refractivity contribution in [2.45, 2.75) is 26.4 Å². The van der Waals surface area contributed by atoms with Crippen LogP contribution >= 0.6 is 0 Å². The van der Waals surface area contributed by atoms with Crippen molar-refractivity contribution in [1.82, 2.24) is 5.16 Å². The van der Waals surface area contributed by atoms with Crippen LogP contribution in [0.15, 0.2) is 83.4 Å². The van der Waals surface area contributed by atoms with E-state index in [0.29, 0.717) is 22.9 Å². The Kier molecular flexibility index (Phi) is 6.30. The highest BCUT2D eigenvalue weighted by Crippen LogP contribution is 2.34. The van der Waals surface area contributed by atoms with Gasteiger partial charge in [-0.25, -0.2) is 4.79 Å². The summed E-state index contributed by atoms with van der Waals surface area (Å²) in [5.41, 5.74) is 4.66. The second-order valence-electron chi connectivity index (χ2n) is 8.46. The normalized spacial score (nSPS) is 12.7. The summed E-state index contributed by atoms with van der Waals surface area (Å²) < 4.78 is 16.2. The van der Waals surface area contributed by atoms with Crippen LogP contribution in [0.2, 0.25) is 0 Å². The highest BCUT2D eigenvalue weighted by atomic mass is 16.5. The summed E-state index contributed by atoms with van der Waals surface area (Å²) in [6, 6.07) is 24.6. The van der Waals surface area contributed by atoms with Gasteiger partial charge >= 0.3 is 12.1 Å². The Hall–Kier alpha value is -4.39. The van der Waals surface area contributed by atoms with Crippen LogP contribution < -0.4 is 10.1 Å². The lowest BCUT2D eigenvalue weighted by Crippen LogP contribution is -2.14. The Morgan fingerprint density at radius 1 is 0.914 bits per heavy atom. The Balaban J connectivity index is 1.25. The van der Waals surface area contributed by atoms with E-state index in [1.165, 1.54) is 0 Å². The van der Waals surface area contributed by atoms with E-state index < -0.39 is 6.09 Å². The van der Waals surface area contributed by atoms with Crippen molar-refractivity contribution < 1.29 is 23.6 Å². The van der Waals surface area contributed by atoms with E-state index in [9.17, 15) is 9.59 Å². The van der Waals surface area contributed by atoms with Gasteiger partial charge in [0, 0.05) is 5.56 Å². The summed E-state index contributed by atoms with van der Waals surface area (Å²) in [6.07, 6.45) is 1.25. The lowest BCUT2D eigenvalue weighted by atomic mass is 10.0. The number of carbonyl (C=O) groups is 2. The van der Waals surface area contributed by atoms with Crippen molar-refractivity contribution in [2.75, 3.05) is 5.32 Å². The fourth-order valence-electron chi connectivity index (χ4n) is 3.62. The zero-order valence-electron chi connectivity index (χ0n) is 19.2. The number of benzene rings is 3. The molecule has 0 bridgehead atoms. The zero-order chi connectivity index (χ0) is 24.2. The van der Waals surface area contributed by atoms with Gasteiger partial charge in [0.25, 0.3) is 0 Å². The molecule has 0 radical (unpaired) electrons. The first-order chi connectivity index (χ1) is 17.1. The molecule has 1 saturated carbocycles. The van der Waals surface area contributed by atoms with E-state index in [-0.39, 0.29) is 18.5 Å². The summed E-state index contributed by atoms with van der Waals surface area (Å²) in [4.78, 5) is 24.2. The quantitative estimate of drug-likeness (QED) is 0.250. The van der Waals surface area contributed by atoms with Gasteiger partial charge in [0.15, 0.2) is 5.76 Å². The average Bonchev–Trinajstić information content (AvgIpc) is 3.68. The predicted octanol–water partition coefficient (Wildman–Crippen LogP) is 6.38. The summed E-state index contributed by atoms with van der Waals surface area (Å²) >= 11 is 0. The van der Waals surface area contributed by atoms with Crippen molar-refractivity contribution in [1.29, 1.82) is 0 Å². The molecule has 7 heteroatoms. The smallest absolute Gasteiger partial charge is 0.412 e. The molecule has 5 rings (SSSR count). The third-order valence-electron chi connectivity index (χ3n) is 5.77. The molecule has 35 heavy (non-hydrogen) atoms. The molecule has 1 amide bonds. The van der Waals surface area contributed by atoms with Crippen LogP contribution in [0, 0.1) is 12.8 Å². The summed E-state index contributed by atoms with van der Waals surface area (Å²) in [7, 11) is 0. The number of anilines is 1. The number of hydrogen-bond donors (Lipinski definition) is 1. The van der Waals surface area contributed by atoms with Gasteiger partial charge in [-0.1, -0.05) is 71.9 Å². The van der Waals surface area contributed by atoms with Gasteiger partial charge in [-0.05, 0) is 48.6 Å². The molecular formula is C28H24N2O5. The minimum atomic E-state index is -0.583. The molecule has 176 valence electrons. The lowest BCUT2D eigenvalue weighted by Gasteiger charge is -2.08. The molecule has 1 aliphatic rings. The van der Waals surface area contributed by atoms with Crippen molar-refractivity contribution in [3.8, 4) is 28.2 Å². The highest BCUT2D eigenvalue weighted by molar-refractivity contribution is 5.91. The minimum absolute atomic E-state index is 0.0621. The molecule has 3 aromatic carbocycles. The van der Waals surface area contributed by atoms with E-state index in [1.54, 1.807) is 19.1 Å². The number of rotatable bonds is 7. The molecular weight excluding hydrogens is 444 g/mol. The van der Waals surface area contributed by atoms with Crippen LogP contribution in [-0.2, 0) is 16.1 Å². The molecule has 7 nitrogen and oxygen atoms in total. The van der Waals surface area contributed by atoms with Gasteiger partial charge in [-0.2, -0.15) is 0 Å². The number of hydrogen-bond acceptors (Lipinski definition) is 6. The van der Waals surface area contributed by atoms with Crippen LogP contribution in [0.25, 0.3) is 22.5 Å². The van der Waals surface area contributed by atoms with Gasteiger partial charge < -0.3 is 14.0 Å². The third kappa shape index (κ3) is 5.41. The Bertz CT molecular complexity index is 1320. The largest absolute Gasteiger partial charge is 0.444 e. The summed E-state index contributed by atoms with van der Waals surface area (Å²) in [6.45, 7) is 1.92. The number of carbonyl (C=O) groups excluding carboxylic acids is 2. The van der Waals surface area contributed by atoms with Crippen molar-refractivity contribution in [3.05, 3.63) is 90.1 Å². The van der Waals surface area contributed by atoms with Gasteiger partial charge in [0.05, 0.1) is 5.92 Å². The second-order valence-corrected chi connectivity index (χ2v) is 8.46. The number of aromatic nitrogens is 1. The maximum Gasteiger partial charge on any atom is 0.412 e. The van der Waals surface area contributed by atoms with Crippen LogP contribution in [-0.4, -0.2) is 17.2 Å². The van der Waals surface area contributed by atoms with Crippen molar-refractivity contribution >= 4 is 17.7 Å². The first-order valence-electron chi connectivity index (χ1n) is 11.4. The molecule has 1 aliphatic carbocycles. The Labute approximate surface area is 202 Å². The maximum atomic E-state index is 12.4. The number of amides is 1. The van der Waals surface area contributed by atoms with Gasteiger partial charge in [0.1, 0.15) is 23.7 Å². The SMILES string of the molecule is Cc1noc(-c2ccc(-c3ccc(OC(=O)C4CC4)cc3)cc2)c1NC(=O)OCc1ccccc1. The molecule has 0 unspecified atom stereocenters. The number of nitrogens with zero attached hydrogens (tertiary/aromatic N) is 1. The first-order valence-corrected chi connectivity index (χ1v) is 11.4. The molecule has 4 aromatic rings. The fraction of sp³-hybridized carbons (Fsp3) is 0.179. The lowest BCUT2D eigenvalue weighted by molar-refractivity contribution is -0.135. The van der Waals surface area contributed by atoms with Crippen molar-refractivity contribution in [2.24, 2.45) is 5.92 Å². The third-order valence-corrected chi connectivity index (χ3v) is 5.77. The molecule has 0 atom stereocenters. The van der Waals surface area contributed by atoms with Gasteiger partial charge in [-0.3, -0.25) is 10.1 Å².